The van der Waals surface area contributed by atoms with Crippen LogP contribution in [0.2, 0.25) is 0 Å². The zero-order chi connectivity index (χ0) is 15.5. The SMILES string of the molecule is CC1(C)CCCC(NCC(=O)N2CCC(C(=O)O)CC2)C1. The van der Waals surface area contributed by atoms with Gasteiger partial charge in [-0.3, -0.25) is 9.59 Å². The number of carbonyl (C=O) groups excluding carboxylic acids is 1. The molecular weight excluding hydrogens is 268 g/mol. The molecule has 120 valence electrons. The van der Waals surface area contributed by atoms with Gasteiger partial charge in [0.15, 0.2) is 0 Å². The van der Waals surface area contributed by atoms with Gasteiger partial charge in [-0.05, 0) is 37.5 Å². The average Bonchev–Trinajstić information content (AvgIpc) is 2.44. The molecule has 5 nitrogen and oxygen atoms in total. The molecule has 0 spiro atoms. The molecule has 21 heavy (non-hydrogen) atoms. The van der Waals surface area contributed by atoms with E-state index < -0.39 is 5.97 Å². The van der Waals surface area contributed by atoms with E-state index in [4.69, 9.17) is 5.11 Å². The second-order valence-corrected chi connectivity index (χ2v) is 7.33. The van der Waals surface area contributed by atoms with Gasteiger partial charge in [-0.2, -0.15) is 0 Å². The summed E-state index contributed by atoms with van der Waals surface area (Å²) in [6.45, 7) is 6.12. The number of hydrogen-bond donors (Lipinski definition) is 2. The van der Waals surface area contributed by atoms with Crippen molar-refractivity contribution in [1.29, 1.82) is 0 Å². The number of likely N-dealkylation sites (tertiary alicyclic amines) is 1. The minimum atomic E-state index is -0.732. The van der Waals surface area contributed by atoms with Gasteiger partial charge in [0.1, 0.15) is 0 Å². The molecule has 0 aromatic carbocycles. The van der Waals surface area contributed by atoms with Gasteiger partial charge in [0.2, 0.25) is 5.91 Å². The summed E-state index contributed by atoms with van der Waals surface area (Å²) in [4.78, 5) is 24.9. The maximum absolute atomic E-state index is 12.2. The second kappa shape index (κ2) is 6.77. The van der Waals surface area contributed by atoms with Crippen LogP contribution in [0.3, 0.4) is 0 Å². The standard InChI is InChI=1S/C16H28N2O3/c1-16(2)7-3-4-13(10-16)17-11-14(19)18-8-5-12(6-9-18)15(20)21/h12-13,17H,3-11H2,1-2H3,(H,20,21). The highest BCUT2D eigenvalue weighted by Crippen LogP contribution is 2.35. The molecule has 1 atom stereocenters. The quantitative estimate of drug-likeness (QED) is 0.831. The molecule has 2 aliphatic rings. The summed E-state index contributed by atoms with van der Waals surface area (Å²) < 4.78 is 0. The van der Waals surface area contributed by atoms with Crippen molar-refractivity contribution in [2.24, 2.45) is 11.3 Å². The molecule has 0 radical (unpaired) electrons. The van der Waals surface area contributed by atoms with Crippen LogP contribution < -0.4 is 5.32 Å². The van der Waals surface area contributed by atoms with Crippen molar-refractivity contribution in [3.8, 4) is 0 Å². The Labute approximate surface area is 127 Å². The second-order valence-electron chi connectivity index (χ2n) is 7.33. The topological polar surface area (TPSA) is 69.6 Å². The number of carbonyl (C=O) groups is 2. The molecule has 0 aromatic heterocycles. The highest BCUT2D eigenvalue weighted by atomic mass is 16.4. The summed E-state index contributed by atoms with van der Waals surface area (Å²) in [5.74, 6) is -0.895. The summed E-state index contributed by atoms with van der Waals surface area (Å²) >= 11 is 0. The molecule has 1 amide bonds. The Bertz CT molecular complexity index is 387. The fourth-order valence-electron chi connectivity index (χ4n) is 3.59. The summed E-state index contributed by atoms with van der Waals surface area (Å²) in [6, 6.07) is 0.439. The van der Waals surface area contributed by atoms with Crippen LogP contribution in [-0.2, 0) is 9.59 Å². The van der Waals surface area contributed by atoms with Crippen LogP contribution in [0.4, 0.5) is 0 Å². The van der Waals surface area contributed by atoms with Gasteiger partial charge >= 0.3 is 5.97 Å². The smallest absolute Gasteiger partial charge is 0.306 e. The Morgan fingerprint density at radius 2 is 1.90 bits per heavy atom. The Balaban J connectivity index is 1.72. The molecule has 0 bridgehead atoms. The van der Waals surface area contributed by atoms with Crippen molar-refractivity contribution in [2.75, 3.05) is 19.6 Å². The largest absolute Gasteiger partial charge is 0.481 e. The summed E-state index contributed by atoms with van der Waals surface area (Å²) in [5.41, 5.74) is 0.374. The van der Waals surface area contributed by atoms with Crippen LogP contribution in [0.1, 0.15) is 52.4 Å². The summed E-state index contributed by atoms with van der Waals surface area (Å²) in [6.07, 6.45) is 5.93. The third kappa shape index (κ3) is 4.70. The monoisotopic (exact) mass is 296 g/mol. The molecule has 2 N–H and O–H groups in total. The predicted molar refractivity (Wildman–Crippen MR) is 81.0 cm³/mol. The van der Waals surface area contributed by atoms with Crippen LogP contribution in [0.5, 0.6) is 0 Å². The molecule has 1 heterocycles. The maximum Gasteiger partial charge on any atom is 0.306 e. The number of piperidine rings is 1. The van der Waals surface area contributed by atoms with E-state index in [9.17, 15) is 9.59 Å². The molecule has 0 aromatic rings. The zero-order valence-electron chi connectivity index (χ0n) is 13.2. The number of rotatable bonds is 4. The third-order valence-corrected chi connectivity index (χ3v) is 4.94. The van der Waals surface area contributed by atoms with Crippen molar-refractivity contribution in [3.63, 3.8) is 0 Å². The molecule has 1 saturated carbocycles. The lowest BCUT2D eigenvalue weighted by atomic mass is 9.75. The number of carboxylic acid groups (broad SMARTS) is 1. The number of carboxylic acids is 1. The van der Waals surface area contributed by atoms with Gasteiger partial charge in [-0.15, -0.1) is 0 Å². The van der Waals surface area contributed by atoms with Crippen molar-refractivity contribution < 1.29 is 14.7 Å². The molecule has 1 aliphatic heterocycles. The lowest BCUT2D eigenvalue weighted by Gasteiger charge is -2.36. The fourth-order valence-corrected chi connectivity index (χ4v) is 3.59. The lowest BCUT2D eigenvalue weighted by molar-refractivity contribution is -0.145. The first-order valence-corrected chi connectivity index (χ1v) is 8.11. The fraction of sp³-hybridized carbons (Fsp3) is 0.875. The summed E-state index contributed by atoms with van der Waals surface area (Å²) in [7, 11) is 0. The van der Waals surface area contributed by atoms with Crippen molar-refractivity contribution in [1.82, 2.24) is 10.2 Å². The third-order valence-electron chi connectivity index (χ3n) is 4.94. The van der Waals surface area contributed by atoms with Crippen LogP contribution in [0.15, 0.2) is 0 Å². The predicted octanol–water partition coefficient (Wildman–Crippen LogP) is 1.87. The van der Waals surface area contributed by atoms with E-state index in [1.165, 1.54) is 12.8 Å². The van der Waals surface area contributed by atoms with E-state index in [2.05, 4.69) is 19.2 Å². The minimum absolute atomic E-state index is 0.113. The maximum atomic E-state index is 12.2. The van der Waals surface area contributed by atoms with E-state index in [-0.39, 0.29) is 11.8 Å². The Kier molecular flexibility index (Phi) is 5.25. The van der Waals surface area contributed by atoms with E-state index in [1.54, 1.807) is 4.90 Å². The van der Waals surface area contributed by atoms with Crippen molar-refractivity contribution in [2.45, 2.75) is 58.4 Å². The van der Waals surface area contributed by atoms with E-state index in [1.807, 2.05) is 0 Å². The van der Waals surface area contributed by atoms with E-state index >= 15 is 0 Å². The number of nitrogens with zero attached hydrogens (tertiary/aromatic N) is 1. The van der Waals surface area contributed by atoms with Crippen LogP contribution in [0.25, 0.3) is 0 Å². The van der Waals surface area contributed by atoms with Gasteiger partial charge in [0.25, 0.3) is 0 Å². The molecule has 1 unspecified atom stereocenters. The normalized spacial score (nSPS) is 26.6. The van der Waals surface area contributed by atoms with Gasteiger partial charge in [0.05, 0.1) is 12.5 Å². The zero-order valence-corrected chi connectivity index (χ0v) is 13.2. The van der Waals surface area contributed by atoms with Crippen LogP contribution in [-0.4, -0.2) is 47.6 Å². The first kappa shape index (κ1) is 16.3. The Morgan fingerprint density at radius 1 is 1.24 bits per heavy atom. The van der Waals surface area contributed by atoms with Crippen LogP contribution >= 0.6 is 0 Å². The average molecular weight is 296 g/mol. The van der Waals surface area contributed by atoms with Gasteiger partial charge < -0.3 is 15.3 Å². The molecule has 5 heteroatoms. The molecular formula is C16H28N2O3. The van der Waals surface area contributed by atoms with Gasteiger partial charge in [0, 0.05) is 19.1 Å². The molecule has 2 fully saturated rings. The molecule has 2 rings (SSSR count). The lowest BCUT2D eigenvalue weighted by Crippen LogP contribution is -2.47. The van der Waals surface area contributed by atoms with Gasteiger partial charge in [-0.25, -0.2) is 0 Å². The van der Waals surface area contributed by atoms with Crippen molar-refractivity contribution >= 4 is 11.9 Å². The van der Waals surface area contributed by atoms with E-state index in [0.717, 1.165) is 12.8 Å². The first-order chi connectivity index (χ1) is 9.87. The summed E-state index contributed by atoms with van der Waals surface area (Å²) in [5, 5.41) is 12.4. The van der Waals surface area contributed by atoms with Crippen molar-refractivity contribution in [3.05, 3.63) is 0 Å². The number of nitrogens with one attached hydrogen (secondary N) is 1. The van der Waals surface area contributed by atoms with Gasteiger partial charge in [-0.1, -0.05) is 20.3 Å². The number of amides is 1. The number of aliphatic carboxylic acids is 1. The highest BCUT2D eigenvalue weighted by Gasteiger charge is 2.29. The molecule has 1 aliphatic carbocycles. The first-order valence-electron chi connectivity index (χ1n) is 8.11. The van der Waals surface area contributed by atoms with E-state index in [0.29, 0.717) is 43.9 Å². The Morgan fingerprint density at radius 3 is 2.48 bits per heavy atom. The van der Waals surface area contributed by atoms with Crippen LogP contribution in [0, 0.1) is 11.3 Å². The Hall–Kier alpha value is -1.10. The molecule has 1 saturated heterocycles. The minimum Gasteiger partial charge on any atom is -0.481 e. The highest BCUT2D eigenvalue weighted by molar-refractivity contribution is 5.79. The number of hydrogen-bond acceptors (Lipinski definition) is 3.